The lowest BCUT2D eigenvalue weighted by molar-refractivity contribution is -0.243. The molecule has 1 aromatic rings. The number of cyclic esters (lactones) is 2. The monoisotopic (exact) mass is 234 g/mol. The molecule has 2 rings (SSSR count). The van der Waals surface area contributed by atoms with Crippen LogP contribution in [0.5, 0.6) is 0 Å². The predicted octanol–water partition coefficient (Wildman–Crippen LogP) is 1.91. The molecule has 0 amide bonds. The standard InChI is InChI=1S/C13H14O4/c1-3-9-6-4-5-7-10(9)13(2)16-11(14)8-12(15)17-13/h4-7H,3,8H2,1-2H3. The molecule has 1 aliphatic rings. The van der Waals surface area contributed by atoms with Crippen molar-refractivity contribution >= 4 is 11.9 Å². The molecule has 0 atom stereocenters. The average Bonchev–Trinajstić information content (AvgIpc) is 2.27. The molecule has 4 nitrogen and oxygen atoms in total. The Morgan fingerprint density at radius 1 is 1.18 bits per heavy atom. The van der Waals surface area contributed by atoms with E-state index < -0.39 is 17.7 Å². The molecule has 1 fully saturated rings. The first-order valence-electron chi connectivity index (χ1n) is 5.57. The minimum Gasteiger partial charge on any atom is -0.418 e. The van der Waals surface area contributed by atoms with E-state index in [1.54, 1.807) is 6.92 Å². The minimum atomic E-state index is -1.29. The van der Waals surface area contributed by atoms with E-state index in [-0.39, 0.29) is 6.42 Å². The van der Waals surface area contributed by atoms with Crippen molar-refractivity contribution in [2.24, 2.45) is 0 Å². The number of carbonyl (C=O) groups is 2. The summed E-state index contributed by atoms with van der Waals surface area (Å²) in [5.41, 5.74) is 1.72. The van der Waals surface area contributed by atoms with Crippen molar-refractivity contribution in [1.29, 1.82) is 0 Å². The van der Waals surface area contributed by atoms with E-state index in [0.29, 0.717) is 0 Å². The lowest BCUT2D eigenvalue weighted by Crippen LogP contribution is -2.41. The van der Waals surface area contributed by atoms with Gasteiger partial charge in [-0.3, -0.25) is 9.59 Å². The van der Waals surface area contributed by atoms with Crippen molar-refractivity contribution < 1.29 is 19.1 Å². The highest BCUT2D eigenvalue weighted by atomic mass is 16.7. The molecule has 0 unspecified atom stereocenters. The first-order chi connectivity index (χ1) is 8.05. The van der Waals surface area contributed by atoms with E-state index in [1.165, 1.54) is 0 Å². The van der Waals surface area contributed by atoms with Crippen LogP contribution in [0.2, 0.25) is 0 Å². The summed E-state index contributed by atoms with van der Waals surface area (Å²) in [5, 5.41) is 0. The van der Waals surface area contributed by atoms with Crippen LogP contribution in [-0.2, 0) is 31.3 Å². The van der Waals surface area contributed by atoms with Gasteiger partial charge in [0.05, 0.1) is 0 Å². The van der Waals surface area contributed by atoms with Gasteiger partial charge in [0.25, 0.3) is 5.79 Å². The maximum absolute atomic E-state index is 11.3. The zero-order chi connectivity index (χ0) is 12.5. The SMILES string of the molecule is CCc1ccccc1C1(C)OC(=O)CC(=O)O1. The molecular formula is C13H14O4. The van der Waals surface area contributed by atoms with Crippen LogP contribution >= 0.6 is 0 Å². The van der Waals surface area contributed by atoms with Crippen LogP contribution in [0, 0.1) is 0 Å². The van der Waals surface area contributed by atoms with Crippen LogP contribution < -0.4 is 0 Å². The van der Waals surface area contributed by atoms with Gasteiger partial charge in [-0.2, -0.15) is 0 Å². The summed E-state index contributed by atoms with van der Waals surface area (Å²) in [6.07, 6.45) is 0.463. The van der Waals surface area contributed by atoms with Gasteiger partial charge in [-0.05, 0) is 12.0 Å². The van der Waals surface area contributed by atoms with Crippen LogP contribution in [0.1, 0.15) is 31.4 Å². The third-order valence-corrected chi connectivity index (χ3v) is 2.79. The molecule has 0 radical (unpaired) electrons. The van der Waals surface area contributed by atoms with Crippen molar-refractivity contribution in [2.75, 3.05) is 0 Å². The van der Waals surface area contributed by atoms with E-state index in [0.717, 1.165) is 17.5 Å². The number of aryl methyl sites for hydroxylation is 1. The molecule has 1 aliphatic heterocycles. The van der Waals surface area contributed by atoms with Crippen molar-refractivity contribution in [3.05, 3.63) is 35.4 Å². The fourth-order valence-corrected chi connectivity index (χ4v) is 2.03. The van der Waals surface area contributed by atoms with Crippen LogP contribution in [0.3, 0.4) is 0 Å². The fraction of sp³-hybridized carbons (Fsp3) is 0.385. The van der Waals surface area contributed by atoms with E-state index in [9.17, 15) is 9.59 Å². The number of benzene rings is 1. The molecule has 1 saturated heterocycles. The number of hydrogen-bond donors (Lipinski definition) is 0. The predicted molar refractivity (Wildman–Crippen MR) is 60.0 cm³/mol. The van der Waals surface area contributed by atoms with Gasteiger partial charge in [-0.1, -0.05) is 31.2 Å². The number of hydrogen-bond acceptors (Lipinski definition) is 4. The fourth-order valence-electron chi connectivity index (χ4n) is 2.03. The molecule has 1 heterocycles. The molecular weight excluding hydrogens is 220 g/mol. The summed E-state index contributed by atoms with van der Waals surface area (Å²) >= 11 is 0. The number of ether oxygens (including phenoxy) is 2. The molecule has 0 aromatic heterocycles. The zero-order valence-electron chi connectivity index (χ0n) is 9.86. The van der Waals surface area contributed by atoms with Crippen molar-refractivity contribution in [3.8, 4) is 0 Å². The van der Waals surface area contributed by atoms with Gasteiger partial charge in [0.1, 0.15) is 6.42 Å². The van der Waals surface area contributed by atoms with E-state index >= 15 is 0 Å². The van der Waals surface area contributed by atoms with Crippen molar-refractivity contribution in [1.82, 2.24) is 0 Å². The maximum atomic E-state index is 11.3. The van der Waals surface area contributed by atoms with E-state index in [1.807, 2.05) is 31.2 Å². The van der Waals surface area contributed by atoms with Crippen LogP contribution in [0.15, 0.2) is 24.3 Å². The molecule has 4 heteroatoms. The number of carbonyl (C=O) groups excluding carboxylic acids is 2. The van der Waals surface area contributed by atoms with Crippen LogP contribution in [0.4, 0.5) is 0 Å². The highest BCUT2D eigenvalue weighted by Crippen LogP contribution is 2.33. The highest BCUT2D eigenvalue weighted by Gasteiger charge is 2.41. The Morgan fingerprint density at radius 2 is 1.76 bits per heavy atom. The molecule has 0 saturated carbocycles. The number of esters is 2. The minimum absolute atomic E-state index is 0.316. The first kappa shape index (κ1) is 11.6. The van der Waals surface area contributed by atoms with Gasteiger partial charge < -0.3 is 9.47 Å². The molecule has 0 bridgehead atoms. The Kier molecular flexibility index (Phi) is 2.88. The largest absolute Gasteiger partial charge is 0.418 e. The molecule has 17 heavy (non-hydrogen) atoms. The van der Waals surface area contributed by atoms with E-state index in [2.05, 4.69) is 0 Å². The van der Waals surface area contributed by atoms with Gasteiger partial charge in [0, 0.05) is 12.5 Å². The quantitative estimate of drug-likeness (QED) is 0.579. The Labute approximate surface area is 99.5 Å². The zero-order valence-corrected chi connectivity index (χ0v) is 9.86. The summed E-state index contributed by atoms with van der Waals surface area (Å²) in [5.74, 6) is -2.39. The third-order valence-electron chi connectivity index (χ3n) is 2.79. The van der Waals surface area contributed by atoms with E-state index in [4.69, 9.17) is 9.47 Å². The average molecular weight is 234 g/mol. The maximum Gasteiger partial charge on any atom is 0.320 e. The highest BCUT2D eigenvalue weighted by molar-refractivity contribution is 5.93. The number of rotatable bonds is 2. The molecule has 0 aliphatic carbocycles. The van der Waals surface area contributed by atoms with Gasteiger partial charge in [-0.25, -0.2) is 0 Å². The Morgan fingerprint density at radius 3 is 2.35 bits per heavy atom. The molecule has 1 aromatic carbocycles. The lowest BCUT2D eigenvalue weighted by Gasteiger charge is -2.33. The molecule has 0 spiro atoms. The lowest BCUT2D eigenvalue weighted by atomic mass is 9.98. The molecule has 0 N–H and O–H groups in total. The van der Waals surface area contributed by atoms with Crippen molar-refractivity contribution in [3.63, 3.8) is 0 Å². The summed E-state index contributed by atoms with van der Waals surface area (Å²) in [6.45, 7) is 3.59. The second-order valence-electron chi connectivity index (χ2n) is 4.08. The second kappa shape index (κ2) is 4.20. The van der Waals surface area contributed by atoms with Crippen LogP contribution in [-0.4, -0.2) is 11.9 Å². The summed E-state index contributed by atoms with van der Waals surface area (Å²) in [6, 6.07) is 7.47. The topological polar surface area (TPSA) is 52.6 Å². The summed E-state index contributed by atoms with van der Waals surface area (Å²) in [7, 11) is 0. The third kappa shape index (κ3) is 2.16. The Bertz CT molecular complexity index is 448. The second-order valence-corrected chi connectivity index (χ2v) is 4.08. The summed E-state index contributed by atoms with van der Waals surface area (Å²) in [4.78, 5) is 22.7. The summed E-state index contributed by atoms with van der Waals surface area (Å²) < 4.78 is 10.4. The first-order valence-corrected chi connectivity index (χ1v) is 5.57. The normalized spacial score (nSPS) is 18.5. The van der Waals surface area contributed by atoms with Gasteiger partial charge in [0.2, 0.25) is 0 Å². The van der Waals surface area contributed by atoms with Gasteiger partial charge in [-0.15, -0.1) is 0 Å². The van der Waals surface area contributed by atoms with Crippen LogP contribution in [0.25, 0.3) is 0 Å². The Balaban J connectivity index is 2.43. The Hall–Kier alpha value is -1.84. The van der Waals surface area contributed by atoms with Gasteiger partial charge in [0.15, 0.2) is 0 Å². The van der Waals surface area contributed by atoms with Crippen molar-refractivity contribution in [2.45, 2.75) is 32.5 Å². The smallest absolute Gasteiger partial charge is 0.320 e. The van der Waals surface area contributed by atoms with Gasteiger partial charge >= 0.3 is 11.9 Å². The molecule has 90 valence electrons.